The molecule has 0 aliphatic carbocycles. The molecule has 2 fully saturated rings. The molecule has 2 aliphatic heterocycles. The van der Waals surface area contributed by atoms with Gasteiger partial charge in [0, 0.05) is 13.0 Å². The molecule has 0 radical (unpaired) electrons. The number of amides is 1. The average Bonchev–Trinajstić information content (AvgIpc) is 2.81. The van der Waals surface area contributed by atoms with Crippen LogP contribution in [0.3, 0.4) is 0 Å². The molecule has 0 aromatic carbocycles. The van der Waals surface area contributed by atoms with Gasteiger partial charge in [0.25, 0.3) is 0 Å². The van der Waals surface area contributed by atoms with Crippen molar-refractivity contribution in [3.05, 3.63) is 0 Å². The standard InChI is InChI=1S/C13H25N3O/c1-16-6-3-11(4-7-16)10-15-13(17)8-12-2-5-14-9-12/h11-12,14H,2-10H2,1H3,(H,15,17). The molecule has 0 spiro atoms. The second kappa shape index (κ2) is 6.36. The fourth-order valence-electron chi connectivity index (χ4n) is 2.75. The van der Waals surface area contributed by atoms with E-state index in [0.29, 0.717) is 18.3 Å². The zero-order valence-electron chi connectivity index (χ0n) is 10.9. The maximum atomic E-state index is 11.8. The topological polar surface area (TPSA) is 44.4 Å². The second-order valence-corrected chi connectivity index (χ2v) is 5.61. The predicted octanol–water partition coefficient (Wildman–Crippen LogP) is 0.444. The number of nitrogens with one attached hydrogen (secondary N) is 2. The molecule has 4 nitrogen and oxygen atoms in total. The third-order valence-corrected chi connectivity index (χ3v) is 4.06. The molecular formula is C13H25N3O. The monoisotopic (exact) mass is 239 g/mol. The van der Waals surface area contributed by atoms with Gasteiger partial charge in [0.15, 0.2) is 0 Å². The maximum absolute atomic E-state index is 11.8. The Bertz CT molecular complexity index is 243. The maximum Gasteiger partial charge on any atom is 0.220 e. The molecule has 1 unspecified atom stereocenters. The first kappa shape index (κ1) is 12.8. The SMILES string of the molecule is CN1CCC(CNC(=O)CC2CCNC2)CC1. The van der Waals surface area contributed by atoms with E-state index in [1.54, 1.807) is 0 Å². The van der Waals surface area contributed by atoms with Crippen molar-refractivity contribution in [3.63, 3.8) is 0 Å². The molecular weight excluding hydrogens is 214 g/mol. The van der Waals surface area contributed by atoms with Crippen LogP contribution in [0.4, 0.5) is 0 Å². The Labute approximate surface area is 104 Å². The normalized spacial score (nSPS) is 27.2. The van der Waals surface area contributed by atoms with Gasteiger partial charge in [-0.2, -0.15) is 0 Å². The van der Waals surface area contributed by atoms with Crippen molar-refractivity contribution < 1.29 is 4.79 Å². The molecule has 4 heteroatoms. The molecule has 0 aromatic rings. The Morgan fingerprint density at radius 3 is 2.71 bits per heavy atom. The predicted molar refractivity (Wildman–Crippen MR) is 68.8 cm³/mol. The lowest BCUT2D eigenvalue weighted by molar-refractivity contribution is -0.122. The van der Waals surface area contributed by atoms with Gasteiger partial charge in [-0.15, -0.1) is 0 Å². The number of carbonyl (C=O) groups is 1. The number of piperidine rings is 1. The van der Waals surface area contributed by atoms with Gasteiger partial charge in [0.05, 0.1) is 0 Å². The quantitative estimate of drug-likeness (QED) is 0.748. The molecule has 1 atom stereocenters. The van der Waals surface area contributed by atoms with Crippen LogP contribution >= 0.6 is 0 Å². The van der Waals surface area contributed by atoms with Crippen molar-refractivity contribution in [2.45, 2.75) is 25.7 Å². The molecule has 2 rings (SSSR count). The number of rotatable bonds is 4. The molecule has 1 amide bonds. The average molecular weight is 239 g/mol. The number of carbonyl (C=O) groups excluding carboxylic acids is 1. The van der Waals surface area contributed by atoms with Gasteiger partial charge >= 0.3 is 0 Å². The summed E-state index contributed by atoms with van der Waals surface area (Å²) in [6.45, 7) is 5.32. The van der Waals surface area contributed by atoms with Crippen molar-refractivity contribution in [1.29, 1.82) is 0 Å². The van der Waals surface area contributed by atoms with Crippen LogP contribution in [0.2, 0.25) is 0 Å². The molecule has 0 saturated carbocycles. The minimum atomic E-state index is 0.248. The summed E-state index contributed by atoms with van der Waals surface area (Å²) in [7, 11) is 2.17. The van der Waals surface area contributed by atoms with E-state index in [1.165, 1.54) is 25.9 Å². The third-order valence-electron chi connectivity index (χ3n) is 4.06. The van der Waals surface area contributed by atoms with Crippen LogP contribution in [0.5, 0.6) is 0 Å². The third kappa shape index (κ3) is 4.28. The van der Waals surface area contributed by atoms with Crippen molar-refractivity contribution in [1.82, 2.24) is 15.5 Å². The first-order valence-corrected chi connectivity index (χ1v) is 6.90. The van der Waals surface area contributed by atoms with E-state index in [1.807, 2.05) is 0 Å². The van der Waals surface area contributed by atoms with E-state index in [2.05, 4.69) is 22.6 Å². The summed E-state index contributed by atoms with van der Waals surface area (Å²) in [5.41, 5.74) is 0. The minimum Gasteiger partial charge on any atom is -0.356 e. The zero-order valence-corrected chi connectivity index (χ0v) is 10.9. The highest BCUT2D eigenvalue weighted by Gasteiger charge is 2.20. The van der Waals surface area contributed by atoms with Crippen LogP contribution in [-0.2, 0) is 4.79 Å². The molecule has 2 N–H and O–H groups in total. The van der Waals surface area contributed by atoms with Crippen LogP contribution in [0.15, 0.2) is 0 Å². The highest BCUT2D eigenvalue weighted by atomic mass is 16.1. The highest BCUT2D eigenvalue weighted by Crippen LogP contribution is 2.15. The zero-order chi connectivity index (χ0) is 12.1. The lowest BCUT2D eigenvalue weighted by Gasteiger charge is -2.29. The fraction of sp³-hybridized carbons (Fsp3) is 0.923. The van der Waals surface area contributed by atoms with Crippen molar-refractivity contribution in [2.24, 2.45) is 11.8 Å². The summed E-state index contributed by atoms with van der Waals surface area (Å²) < 4.78 is 0. The van der Waals surface area contributed by atoms with Crippen molar-refractivity contribution in [3.8, 4) is 0 Å². The largest absolute Gasteiger partial charge is 0.356 e. The van der Waals surface area contributed by atoms with E-state index in [9.17, 15) is 4.79 Å². The number of hydrogen-bond donors (Lipinski definition) is 2. The Balaban J connectivity index is 1.59. The van der Waals surface area contributed by atoms with Gasteiger partial charge in [0.2, 0.25) is 5.91 Å². The van der Waals surface area contributed by atoms with Gasteiger partial charge in [0.1, 0.15) is 0 Å². The van der Waals surface area contributed by atoms with Crippen LogP contribution in [0.1, 0.15) is 25.7 Å². The van der Waals surface area contributed by atoms with Gasteiger partial charge in [-0.3, -0.25) is 4.79 Å². The van der Waals surface area contributed by atoms with Crippen molar-refractivity contribution >= 4 is 5.91 Å². The highest BCUT2D eigenvalue weighted by molar-refractivity contribution is 5.76. The first-order valence-electron chi connectivity index (χ1n) is 6.90. The van der Waals surface area contributed by atoms with E-state index in [4.69, 9.17) is 0 Å². The number of likely N-dealkylation sites (tertiary alicyclic amines) is 1. The molecule has 2 heterocycles. The second-order valence-electron chi connectivity index (χ2n) is 5.61. The molecule has 98 valence electrons. The fourth-order valence-corrected chi connectivity index (χ4v) is 2.75. The van der Waals surface area contributed by atoms with Crippen LogP contribution in [0, 0.1) is 11.8 Å². The lowest BCUT2D eigenvalue weighted by Crippen LogP contribution is -2.37. The summed E-state index contributed by atoms with van der Waals surface area (Å²) >= 11 is 0. The Kier molecular flexibility index (Phi) is 4.80. The lowest BCUT2D eigenvalue weighted by atomic mass is 9.97. The molecule has 2 saturated heterocycles. The van der Waals surface area contributed by atoms with Crippen molar-refractivity contribution in [2.75, 3.05) is 39.8 Å². The minimum absolute atomic E-state index is 0.248. The van der Waals surface area contributed by atoms with Crippen LogP contribution < -0.4 is 10.6 Å². The Morgan fingerprint density at radius 2 is 2.06 bits per heavy atom. The summed E-state index contributed by atoms with van der Waals surface area (Å²) in [6, 6.07) is 0. The molecule has 0 bridgehead atoms. The van der Waals surface area contributed by atoms with E-state index in [-0.39, 0.29) is 5.91 Å². The van der Waals surface area contributed by atoms with Gasteiger partial charge < -0.3 is 15.5 Å². The van der Waals surface area contributed by atoms with E-state index >= 15 is 0 Å². The Morgan fingerprint density at radius 1 is 1.29 bits per heavy atom. The summed E-state index contributed by atoms with van der Waals surface area (Å²) in [4.78, 5) is 14.1. The van der Waals surface area contributed by atoms with Crippen LogP contribution in [-0.4, -0.2) is 50.6 Å². The number of hydrogen-bond acceptors (Lipinski definition) is 3. The van der Waals surface area contributed by atoms with Crippen LogP contribution in [0.25, 0.3) is 0 Å². The Hall–Kier alpha value is -0.610. The molecule has 17 heavy (non-hydrogen) atoms. The summed E-state index contributed by atoms with van der Waals surface area (Å²) in [5.74, 6) is 1.50. The van der Waals surface area contributed by atoms with Gasteiger partial charge in [-0.25, -0.2) is 0 Å². The summed E-state index contributed by atoms with van der Waals surface area (Å²) in [6.07, 6.45) is 4.31. The number of nitrogens with zero attached hydrogens (tertiary/aromatic N) is 1. The smallest absolute Gasteiger partial charge is 0.220 e. The van der Waals surface area contributed by atoms with Gasteiger partial charge in [-0.1, -0.05) is 0 Å². The van der Waals surface area contributed by atoms with E-state index < -0.39 is 0 Å². The molecule has 0 aromatic heterocycles. The van der Waals surface area contributed by atoms with E-state index in [0.717, 1.165) is 26.1 Å². The first-order chi connectivity index (χ1) is 8.24. The molecule has 2 aliphatic rings. The van der Waals surface area contributed by atoms with Gasteiger partial charge in [-0.05, 0) is 64.3 Å². The summed E-state index contributed by atoms with van der Waals surface area (Å²) in [5, 5.41) is 6.41.